The molecule has 0 saturated carbocycles. The number of anilines is 1. The lowest BCUT2D eigenvalue weighted by Crippen LogP contribution is -2.44. The average Bonchev–Trinajstić information content (AvgIpc) is 2.83. The quantitative estimate of drug-likeness (QED) is 0.355. The molecule has 0 aliphatic carbocycles. The Balaban J connectivity index is 1.70. The fourth-order valence-corrected chi connectivity index (χ4v) is 4.56. The molecule has 1 fully saturated rings. The smallest absolute Gasteiger partial charge is 0.186 e. The number of ketones is 1. The standard InChI is InChI=1S/C30H35N3O/c1-23-9-5-7-11-27(23)28-15-14-26(33-19-17-32(4)18-20-33)21-24(28)13-16-30(34)29-12-8-6-10-25(29)22-31(2)3/h5-16,21H,17-20,22H2,1-4H3. The highest BCUT2D eigenvalue weighted by Gasteiger charge is 2.16. The highest BCUT2D eigenvalue weighted by Crippen LogP contribution is 2.31. The van der Waals surface area contributed by atoms with Crippen LogP contribution < -0.4 is 4.90 Å². The summed E-state index contributed by atoms with van der Waals surface area (Å²) >= 11 is 0. The van der Waals surface area contributed by atoms with Crippen molar-refractivity contribution in [3.8, 4) is 11.1 Å². The second kappa shape index (κ2) is 10.8. The third-order valence-corrected chi connectivity index (χ3v) is 6.52. The summed E-state index contributed by atoms with van der Waals surface area (Å²) in [4.78, 5) is 20.1. The molecule has 1 aliphatic heterocycles. The van der Waals surface area contributed by atoms with Gasteiger partial charge in [0.15, 0.2) is 5.78 Å². The zero-order valence-electron chi connectivity index (χ0n) is 20.8. The third-order valence-electron chi connectivity index (χ3n) is 6.52. The summed E-state index contributed by atoms with van der Waals surface area (Å²) in [5.41, 5.74) is 7.68. The van der Waals surface area contributed by atoms with Crippen molar-refractivity contribution in [1.29, 1.82) is 0 Å². The summed E-state index contributed by atoms with van der Waals surface area (Å²) in [6.45, 7) is 7.03. The number of hydrogen-bond acceptors (Lipinski definition) is 4. The molecule has 4 rings (SSSR count). The molecule has 4 heteroatoms. The SMILES string of the molecule is Cc1ccccc1-c1ccc(N2CCN(C)CC2)cc1C=CC(=O)c1ccccc1CN(C)C. The molecule has 1 aliphatic rings. The van der Waals surface area contributed by atoms with Crippen LogP contribution in [0.25, 0.3) is 17.2 Å². The maximum absolute atomic E-state index is 13.2. The fraction of sp³-hybridized carbons (Fsp3) is 0.300. The molecular formula is C30H35N3O. The van der Waals surface area contributed by atoms with Crippen LogP contribution in [0, 0.1) is 6.92 Å². The van der Waals surface area contributed by atoms with Gasteiger partial charge in [-0.3, -0.25) is 4.79 Å². The van der Waals surface area contributed by atoms with E-state index in [1.54, 1.807) is 6.08 Å². The first-order valence-electron chi connectivity index (χ1n) is 12.0. The first-order chi connectivity index (χ1) is 16.4. The molecule has 1 heterocycles. The summed E-state index contributed by atoms with van der Waals surface area (Å²) in [5.74, 6) is 0.0400. The minimum Gasteiger partial charge on any atom is -0.369 e. The Labute approximate surface area is 204 Å². The number of nitrogens with zero attached hydrogens (tertiary/aromatic N) is 3. The second-order valence-electron chi connectivity index (χ2n) is 9.47. The van der Waals surface area contributed by atoms with Gasteiger partial charge in [0.05, 0.1) is 0 Å². The number of allylic oxidation sites excluding steroid dienone is 1. The van der Waals surface area contributed by atoms with Crippen LogP contribution in [0.1, 0.15) is 27.0 Å². The van der Waals surface area contributed by atoms with Crippen molar-refractivity contribution >= 4 is 17.5 Å². The molecule has 3 aromatic carbocycles. The summed E-state index contributed by atoms with van der Waals surface area (Å²) in [6, 6.07) is 23.0. The van der Waals surface area contributed by atoms with Crippen molar-refractivity contribution in [1.82, 2.24) is 9.80 Å². The van der Waals surface area contributed by atoms with Crippen molar-refractivity contribution in [2.45, 2.75) is 13.5 Å². The molecule has 3 aromatic rings. The van der Waals surface area contributed by atoms with Gasteiger partial charge in [-0.15, -0.1) is 0 Å². The normalized spacial score (nSPS) is 14.8. The lowest BCUT2D eigenvalue weighted by atomic mass is 9.94. The van der Waals surface area contributed by atoms with Gasteiger partial charge in [0.1, 0.15) is 0 Å². The predicted octanol–water partition coefficient (Wildman–Crippen LogP) is 5.37. The van der Waals surface area contributed by atoms with E-state index in [-0.39, 0.29) is 5.78 Å². The summed E-state index contributed by atoms with van der Waals surface area (Å²) in [7, 11) is 6.22. The largest absolute Gasteiger partial charge is 0.369 e. The highest BCUT2D eigenvalue weighted by molar-refractivity contribution is 6.08. The first kappa shape index (κ1) is 23.9. The maximum atomic E-state index is 13.2. The van der Waals surface area contributed by atoms with Gasteiger partial charge >= 0.3 is 0 Å². The number of likely N-dealkylation sites (N-methyl/N-ethyl adjacent to an activating group) is 1. The van der Waals surface area contributed by atoms with Crippen LogP contribution in [0.5, 0.6) is 0 Å². The molecule has 1 saturated heterocycles. The van der Waals surface area contributed by atoms with Gasteiger partial charge in [0.2, 0.25) is 0 Å². The van der Waals surface area contributed by atoms with Crippen molar-refractivity contribution < 1.29 is 4.79 Å². The van der Waals surface area contributed by atoms with Gasteiger partial charge in [0, 0.05) is 44.0 Å². The van der Waals surface area contributed by atoms with Crippen molar-refractivity contribution in [3.05, 3.63) is 95.1 Å². The number of aryl methyl sites for hydroxylation is 1. The Bertz CT molecular complexity index is 1170. The Morgan fingerprint density at radius 2 is 1.62 bits per heavy atom. The van der Waals surface area contributed by atoms with E-state index in [1.165, 1.54) is 16.8 Å². The van der Waals surface area contributed by atoms with Gasteiger partial charge < -0.3 is 14.7 Å². The Morgan fingerprint density at radius 1 is 0.912 bits per heavy atom. The summed E-state index contributed by atoms with van der Waals surface area (Å²) in [5, 5.41) is 0. The first-order valence-corrected chi connectivity index (χ1v) is 12.0. The zero-order chi connectivity index (χ0) is 24.1. The van der Waals surface area contributed by atoms with Crippen LogP contribution >= 0.6 is 0 Å². The Hall–Kier alpha value is -3.21. The molecule has 0 radical (unpaired) electrons. The minimum atomic E-state index is 0.0400. The Morgan fingerprint density at radius 3 is 2.35 bits per heavy atom. The molecule has 0 spiro atoms. The molecular weight excluding hydrogens is 418 g/mol. The lowest BCUT2D eigenvalue weighted by Gasteiger charge is -2.34. The van der Waals surface area contributed by atoms with Crippen molar-refractivity contribution in [2.75, 3.05) is 52.2 Å². The van der Waals surface area contributed by atoms with E-state index in [4.69, 9.17) is 0 Å². The van der Waals surface area contributed by atoms with E-state index in [0.29, 0.717) is 0 Å². The number of carbonyl (C=O) groups is 1. The van der Waals surface area contributed by atoms with Crippen LogP contribution in [0.3, 0.4) is 0 Å². The summed E-state index contributed by atoms with van der Waals surface area (Å²) in [6.07, 6.45) is 3.73. The average molecular weight is 454 g/mol. The molecule has 0 unspecified atom stereocenters. The van der Waals surface area contributed by atoms with Crippen LogP contribution in [0.4, 0.5) is 5.69 Å². The number of benzene rings is 3. The van der Waals surface area contributed by atoms with Crippen molar-refractivity contribution in [3.63, 3.8) is 0 Å². The lowest BCUT2D eigenvalue weighted by molar-refractivity contribution is 0.104. The molecule has 0 aromatic heterocycles. The topological polar surface area (TPSA) is 26.8 Å². The molecule has 0 bridgehead atoms. The van der Waals surface area contributed by atoms with E-state index in [2.05, 4.69) is 71.1 Å². The Kier molecular flexibility index (Phi) is 7.61. The van der Waals surface area contributed by atoms with Gasteiger partial charge in [-0.2, -0.15) is 0 Å². The van der Waals surface area contributed by atoms with E-state index in [0.717, 1.165) is 55.0 Å². The number of hydrogen-bond donors (Lipinski definition) is 0. The molecule has 34 heavy (non-hydrogen) atoms. The fourth-order valence-electron chi connectivity index (χ4n) is 4.56. The van der Waals surface area contributed by atoms with Crippen LogP contribution in [-0.4, -0.2) is 62.9 Å². The zero-order valence-corrected chi connectivity index (χ0v) is 20.8. The number of piperazine rings is 1. The number of rotatable bonds is 7. The molecule has 0 N–H and O–H groups in total. The van der Waals surface area contributed by atoms with Crippen LogP contribution in [0.15, 0.2) is 72.8 Å². The third kappa shape index (κ3) is 5.64. The second-order valence-corrected chi connectivity index (χ2v) is 9.47. The van der Waals surface area contributed by atoms with Gasteiger partial charge in [-0.25, -0.2) is 0 Å². The molecule has 0 amide bonds. The van der Waals surface area contributed by atoms with E-state index < -0.39 is 0 Å². The minimum absolute atomic E-state index is 0.0400. The van der Waals surface area contributed by atoms with E-state index in [9.17, 15) is 4.79 Å². The van der Waals surface area contributed by atoms with Gasteiger partial charge in [0.25, 0.3) is 0 Å². The van der Waals surface area contributed by atoms with Crippen LogP contribution in [-0.2, 0) is 6.54 Å². The molecule has 0 atom stereocenters. The van der Waals surface area contributed by atoms with E-state index >= 15 is 0 Å². The van der Waals surface area contributed by atoms with Crippen molar-refractivity contribution in [2.24, 2.45) is 0 Å². The monoisotopic (exact) mass is 453 g/mol. The molecule has 176 valence electrons. The van der Waals surface area contributed by atoms with Gasteiger partial charge in [-0.1, -0.05) is 60.7 Å². The predicted molar refractivity (Wildman–Crippen MR) is 144 cm³/mol. The number of carbonyl (C=O) groups excluding carboxylic acids is 1. The van der Waals surface area contributed by atoms with Crippen LogP contribution in [0.2, 0.25) is 0 Å². The maximum Gasteiger partial charge on any atom is 0.186 e. The van der Waals surface area contributed by atoms with E-state index in [1.807, 2.05) is 44.4 Å². The van der Waals surface area contributed by atoms with Gasteiger partial charge in [-0.05, 0) is 74.1 Å². The summed E-state index contributed by atoms with van der Waals surface area (Å²) < 4.78 is 0. The molecule has 4 nitrogen and oxygen atoms in total. The highest BCUT2D eigenvalue weighted by atomic mass is 16.1.